The predicted octanol–water partition coefficient (Wildman–Crippen LogP) is 4.99. The molecule has 0 amide bonds. The van der Waals surface area contributed by atoms with Crippen LogP contribution in [-0.2, 0) is 0 Å². The molecule has 0 radical (unpaired) electrons. The lowest BCUT2D eigenvalue weighted by atomic mass is 10.1. The molecule has 5 heteroatoms. The van der Waals surface area contributed by atoms with Crippen molar-refractivity contribution in [2.75, 3.05) is 18.5 Å². The number of aromatic nitrogens is 1. The quantitative estimate of drug-likeness (QED) is 0.578. The predicted molar refractivity (Wildman–Crippen MR) is 117 cm³/mol. The maximum atomic E-state index is 9.46. The van der Waals surface area contributed by atoms with Crippen molar-refractivity contribution in [3.05, 3.63) is 101 Å². The van der Waals surface area contributed by atoms with E-state index in [-0.39, 0.29) is 11.9 Å². The monoisotopic (exact) mass is 387 g/mol. The summed E-state index contributed by atoms with van der Waals surface area (Å²) >= 11 is 1.85. The first kappa shape index (κ1) is 17.2. The lowest BCUT2D eigenvalue weighted by Gasteiger charge is -2.27. The van der Waals surface area contributed by atoms with Crippen molar-refractivity contribution >= 4 is 28.4 Å². The molecule has 0 saturated carbocycles. The summed E-state index contributed by atoms with van der Waals surface area (Å²) in [6.07, 6.45) is 8.41. The lowest BCUT2D eigenvalue weighted by Crippen LogP contribution is -2.24. The van der Waals surface area contributed by atoms with Crippen molar-refractivity contribution < 1.29 is 5.11 Å². The fraction of sp³-hybridized carbons (Fsp3) is 0.130. The zero-order valence-corrected chi connectivity index (χ0v) is 16.1. The van der Waals surface area contributed by atoms with Crippen molar-refractivity contribution in [3.63, 3.8) is 0 Å². The Bertz CT molecular complexity index is 1100. The molecule has 3 N–H and O–H groups in total. The Morgan fingerprint density at radius 2 is 2.00 bits per heavy atom. The summed E-state index contributed by atoms with van der Waals surface area (Å²) in [5.41, 5.74) is 5.76. The Labute approximate surface area is 168 Å². The summed E-state index contributed by atoms with van der Waals surface area (Å²) in [6, 6.07) is 19.0. The first-order valence-corrected chi connectivity index (χ1v) is 10.3. The summed E-state index contributed by atoms with van der Waals surface area (Å²) in [6.45, 7) is 0.721. The van der Waals surface area contributed by atoms with Crippen LogP contribution in [0.15, 0.2) is 95.4 Å². The number of benzene rings is 2. The molecule has 2 aliphatic rings. The number of H-pyrrole nitrogens is 1. The van der Waals surface area contributed by atoms with Gasteiger partial charge in [-0.1, -0.05) is 30.3 Å². The van der Waals surface area contributed by atoms with Crippen LogP contribution in [0.25, 0.3) is 10.9 Å². The number of thioether (sulfide) groups is 1. The Morgan fingerprint density at radius 1 is 1.11 bits per heavy atom. The van der Waals surface area contributed by atoms with E-state index in [0.717, 1.165) is 16.9 Å². The second-order valence-electron chi connectivity index (χ2n) is 6.88. The number of hydrogen-bond acceptors (Lipinski definition) is 4. The standard InChI is InChI=1S/C23H21N3OS/c27-13-12-26-11-9-20(25-18-6-7-19-17(14-18)8-10-24-19)23-21(26)15-22(28-23)16-4-2-1-3-5-16/h1-11,14-15,22,24-25,27H,12-13H2. The van der Waals surface area contributed by atoms with Crippen LogP contribution in [0.5, 0.6) is 0 Å². The molecule has 3 aromatic rings. The normalized spacial score (nSPS) is 18.5. The molecule has 1 unspecified atom stereocenters. The number of β-amino-alcohol motifs (C(OH)–C–C–N with tert-alkyl or cyclic N) is 1. The van der Waals surface area contributed by atoms with Crippen LogP contribution in [-0.4, -0.2) is 28.1 Å². The van der Waals surface area contributed by atoms with Crippen LogP contribution in [0.1, 0.15) is 10.8 Å². The molecule has 2 aromatic carbocycles. The minimum Gasteiger partial charge on any atom is -0.395 e. The minimum atomic E-state index is 0.128. The first-order chi connectivity index (χ1) is 13.8. The topological polar surface area (TPSA) is 51.3 Å². The number of aromatic amines is 1. The van der Waals surface area contributed by atoms with E-state index in [1.807, 2.05) is 24.0 Å². The van der Waals surface area contributed by atoms with Crippen molar-refractivity contribution in [1.82, 2.24) is 9.88 Å². The van der Waals surface area contributed by atoms with Crippen molar-refractivity contribution in [3.8, 4) is 0 Å². The van der Waals surface area contributed by atoms with E-state index in [2.05, 4.69) is 82.1 Å². The highest BCUT2D eigenvalue weighted by Gasteiger charge is 2.30. The van der Waals surface area contributed by atoms with Gasteiger partial charge in [0.25, 0.3) is 0 Å². The van der Waals surface area contributed by atoms with Gasteiger partial charge in [-0.3, -0.25) is 0 Å². The van der Waals surface area contributed by atoms with Gasteiger partial charge in [-0.05, 0) is 42.0 Å². The molecule has 0 saturated heterocycles. The largest absolute Gasteiger partial charge is 0.395 e. The van der Waals surface area contributed by atoms with Gasteiger partial charge in [0.2, 0.25) is 0 Å². The fourth-order valence-corrected chi connectivity index (χ4v) is 4.98. The molecular formula is C23H21N3OS. The molecule has 0 spiro atoms. The van der Waals surface area contributed by atoms with E-state index >= 15 is 0 Å². The van der Waals surface area contributed by atoms with Crippen LogP contribution >= 0.6 is 11.8 Å². The summed E-state index contributed by atoms with van der Waals surface area (Å²) in [5.74, 6) is 0. The number of aliphatic hydroxyl groups excluding tert-OH is 1. The molecule has 4 nitrogen and oxygen atoms in total. The number of allylic oxidation sites excluding steroid dienone is 1. The molecule has 1 aromatic heterocycles. The van der Waals surface area contributed by atoms with E-state index in [9.17, 15) is 5.11 Å². The van der Waals surface area contributed by atoms with Gasteiger partial charge < -0.3 is 20.3 Å². The van der Waals surface area contributed by atoms with Crippen molar-refractivity contribution in [1.29, 1.82) is 0 Å². The number of nitrogens with one attached hydrogen (secondary N) is 2. The lowest BCUT2D eigenvalue weighted by molar-refractivity contribution is 0.258. The maximum absolute atomic E-state index is 9.46. The summed E-state index contributed by atoms with van der Waals surface area (Å²) in [4.78, 5) is 6.59. The van der Waals surface area contributed by atoms with E-state index in [1.165, 1.54) is 21.6 Å². The molecule has 0 aliphatic carbocycles. The molecular weight excluding hydrogens is 366 g/mol. The SMILES string of the molecule is OCCN1C=CC(Nc2ccc3[nH]ccc3c2)=C2SC(c3ccccc3)C=C21. The number of nitrogens with zero attached hydrogens (tertiary/aromatic N) is 1. The van der Waals surface area contributed by atoms with Gasteiger partial charge in [0.1, 0.15) is 0 Å². The Kier molecular flexibility index (Phi) is 4.47. The Balaban J connectivity index is 1.49. The van der Waals surface area contributed by atoms with Crippen LogP contribution in [0, 0.1) is 0 Å². The van der Waals surface area contributed by atoms with E-state index < -0.39 is 0 Å². The van der Waals surface area contributed by atoms with Gasteiger partial charge in [0, 0.05) is 35.5 Å². The summed E-state index contributed by atoms with van der Waals surface area (Å²) in [5, 5.41) is 14.5. The van der Waals surface area contributed by atoms with Crippen molar-refractivity contribution in [2.24, 2.45) is 0 Å². The fourth-order valence-electron chi connectivity index (χ4n) is 3.68. The molecule has 140 valence electrons. The third-order valence-corrected chi connectivity index (χ3v) is 6.39. The van der Waals surface area contributed by atoms with Gasteiger partial charge in [-0.25, -0.2) is 0 Å². The third kappa shape index (κ3) is 3.13. The summed E-state index contributed by atoms with van der Waals surface area (Å²) in [7, 11) is 0. The number of aliphatic hydroxyl groups is 1. The summed E-state index contributed by atoms with van der Waals surface area (Å²) < 4.78 is 0. The average Bonchev–Trinajstić information content (AvgIpc) is 3.38. The van der Waals surface area contributed by atoms with E-state index in [0.29, 0.717) is 6.54 Å². The smallest absolute Gasteiger partial charge is 0.0610 e. The number of rotatable bonds is 5. The highest BCUT2D eigenvalue weighted by Crippen LogP contribution is 2.50. The highest BCUT2D eigenvalue weighted by molar-refractivity contribution is 8.04. The average molecular weight is 388 g/mol. The molecule has 0 fully saturated rings. The zero-order valence-electron chi connectivity index (χ0n) is 15.3. The van der Waals surface area contributed by atoms with E-state index in [4.69, 9.17) is 0 Å². The first-order valence-electron chi connectivity index (χ1n) is 9.40. The number of anilines is 1. The van der Waals surface area contributed by atoms with Gasteiger partial charge in [-0.2, -0.15) is 0 Å². The second-order valence-corrected chi connectivity index (χ2v) is 8.03. The van der Waals surface area contributed by atoms with Gasteiger partial charge in [0.15, 0.2) is 0 Å². The Hall–Kier alpha value is -2.89. The minimum absolute atomic E-state index is 0.128. The van der Waals surface area contributed by atoms with Gasteiger partial charge in [0.05, 0.1) is 28.2 Å². The molecule has 3 heterocycles. The van der Waals surface area contributed by atoms with Crippen molar-refractivity contribution in [2.45, 2.75) is 5.25 Å². The van der Waals surface area contributed by atoms with Crippen LogP contribution in [0.4, 0.5) is 5.69 Å². The molecule has 2 aliphatic heterocycles. The maximum Gasteiger partial charge on any atom is 0.0610 e. The molecule has 28 heavy (non-hydrogen) atoms. The molecule has 0 bridgehead atoms. The zero-order chi connectivity index (χ0) is 18.9. The van der Waals surface area contributed by atoms with Gasteiger partial charge >= 0.3 is 0 Å². The molecule has 5 rings (SSSR count). The molecule has 1 atom stereocenters. The number of fused-ring (bicyclic) bond motifs is 2. The second kappa shape index (κ2) is 7.26. The highest BCUT2D eigenvalue weighted by atomic mass is 32.2. The van der Waals surface area contributed by atoms with Crippen LogP contribution in [0.2, 0.25) is 0 Å². The van der Waals surface area contributed by atoms with E-state index in [1.54, 1.807) is 0 Å². The third-order valence-electron chi connectivity index (χ3n) is 5.06. The van der Waals surface area contributed by atoms with Crippen LogP contribution in [0.3, 0.4) is 0 Å². The van der Waals surface area contributed by atoms with Gasteiger partial charge in [-0.15, -0.1) is 11.8 Å². The van der Waals surface area contributed by atoms with Crippen LogP contribution < -0.4 is 5.32 Å². The number of hydrogen-bond donors (Lipinski definition) is 3. The Morgan fingerprint density at radius 3 is 2.86 bits per heavy atom.